The Balaban J connectivity index is 1.05. The van der Waals surface area contributed by atoms with Crippen LogP contribution in [0.1, 0.15) is 107 Å². The minimum atomic E-state index is -0.334. The highest BCUT2D eigenvalue weighted by Gasteiger charge is 2.51. The SMILES string of the molecule is CCCCC1CN(CC2CCCCC2)C(=O)OC12CCN(C1(C)CCN(C(=O)c3cc(-c4ccc(Cl)cc4)oc3C)CC1)CC2. The molecule has 1 unspecified atom stereocenters. The van der Waals surface area contributed by atoms with Crippen molar-refractivity contribution in [2.24, 2.45) is 11.8 Å². The summed E-state index contributed by atoms with van der Waals surface area (Å²) in [6.07, 6.45) is 13.5. The molecule has 4 heterocycles. The minimum absolute atomic E-state index is 0.0307. The number of halogens is 1. The van der Waals surface area contributed by atoms with Gasteiger partial charge in [0.1, 0.15) is 17.1 Å². The van der Waals surface area contributed by atoms with E-state index in [1.54, 1.807) is 0 Å². The van der Waals surface area contributed by atoms with Crippen LogP contribution in [0.2, 0.25) is 5.02 Å². The fourth-order valence-electron chi connectivity index (χ4n) is 8.53. The van der Waals surface area contributed by atoms with Crippen molar-refractivity contribution in [3.63, 3.8) is 0 Å². The van der Waals surface area contributed by atoms with E-state index in [4.69, 9.17) is 20.8 Å². The number of piperidine rings is 2. The highest BCUT2D eigenvalue weighted by Crippen LogP contribution is 2.44. The van der Waals surface area contributed by atoms with E-state index >= 15 is 0 Å². The largest absolute Gasteiger partial charge is 0.461 e. The van der Waals surface area contributed by atoms with Gasteiger partial charge in [0.05, 0.1) is 5.56 Å². The Morgan fingerprint density at radius 3 is 2.36 bits per heavy atom. The maximum absolute atomic E-state index is 13.6. The summed E-state index contributed by atoms with van der Waals surface area (Å²) in [6, 6.07) is 9.37. The molecule has 0 bridgehead atoms. The van der Waals surface area contributed by atoms with Gasteiger partial charge >= 0.3 is 6.09 Å². The van der Waals surface area contributed by atoms with Crippen molar-refractivity contribution in [2.45, 2.75) is 109 Å². The minimum Gasteiger partial charge on any atom is -0.461 e. The lowest BCUT2D eigenvalue weighted by molar-refractivity contribution is -0.134. The van der Waals surface area contributed by atoms with Crippen molar-refractivity contribution in [1.29, 1.82) is 0 Å². The summed E-state index contributed by atoms with van der Waals surface area (Å²) in [5, 5.41) is 0.672. The van der Waals surface area contributed by atoms with Crippen LogP contribution in [0, 0.1) is 18.8 Å². The predicted octanol–water partition coefficient (Wildman–Crippen LogP) is 8.58. The van der Waals surface area contributed by atoms with Gasteiger partial charge in [-0.1, -0.05) is 50.6 Å². The lowest BCUT2D eigenvalue weighted by Gasteiger charge is -2.55. The van der Waals surface area contributed by atoms with Crippen molar-refractivity contribution >= 4 is 23.6 Å². The quantitative estimate of drug-likeness (QED) is 0.290. The molecule has 6 rings (SSSR count). The summed E-state index contributed by atoms with van der Waals surface area (Å²) in [5.41, 5.74) is 1.24. The summed E-state index contributed by atoms with van der Waals surface area (Å²) < 4.78 is 12.5. The average Bonchev–Trinajstić information content (AvgIpc) is 3.44. The van der Waals surface area contributed by atoms with Gasteiger partial charge in [-0.05, 0) is 82.2 Å². The molecule has 2 aromatic rings. The molecule has 3 aliphatic heterocycles. The molecule has 0 N–H and O–H groups in total. The number of nitrogens with zero attached hydrogens (tertiary/aromatic N) is 3. The van der Waals surface area contributed by atoms with Crippen LogP contribution in [-0.4, -0.2) is 77.1 Å². The van der Waals surface area contributed by atoms with Gasteiger partial charge < -0.3 is 19.0 Å². The molecular formula is C37H52ClN3O4. The number of furan rings is 1. The second-order valence-electron chi connectivity index (χ2n) is 14.5. The Bertz CT molecular complexity index is 1320. The van der Waals surface area contributed by atoms with Crippen LogP contribution in [0.5, 0.6) is 0 Å². The zero-order chi connectivity index (χ0) is 31.6. The first-order chi connectivity index (χ1) is 21.7. The Morgan fingerprint density at radius 1 is 1.00 bits per heavy atom. The van der Waals surface area contributed by atoms with Gasteiger partial charge in [-0.3, -0.25) is 9.69 Å². The lowest BCUT2D eigenvalue weighted by Crippen LogP contribution is -2.63. The summed E-state index contributed by atoms with van der Waals surface area (Å²) >= 11 is 6.05. The first kappa shape index (κ1) is 32.4. The molecule has 1 aromatic carbocycles. The van der Waals surface area contributed by atoms with E-state index in [2.05, 4.69) is 23.6 Å². The number of ether oxygens (including phenoxy) is 1. The van der Waals surface area contributed by atoms with E-state index in [0.29, 0.717) is 33.9 Å². The van der Waals surface area contributed by atoms with Gasteiger partial charge in [-0.25, -0.2) is 4.79 Å². The van der Waals surface area contributed by atoms with Crippen LogP contribution in [0.3, 0.4) is 0 Å². The number of carbonyl (C=O) groups is 2. The first-order valence-electron chi connectivity index (χ1n) is 17.6. The van der Waals surface area contributed by atoms with Gasteiger partial charge in [-0.15, -0.1) is 0 Å². The van der Waals surface area contributed by atoms with Crippen molar-refractivity contribution in [1.82, 2.24) is 14.7 Å². The van der Waals surface area contributed by atoms with Crippen LogP contribution in [0.4, 0.5) is 4.79 Å². The van der Waals surface area contributed by atoms with Crippen LogP contribution < -0.4 is 0 Å². The van der Waals surface area contributed by atoms with E-state index in [1.165, 1.54) is 44.9 Å². The molecule has 1 aromatic heterocycles. The number of hydrogen-bond acceptors (Lipinski definition) is 5. The van der Waals surface area contributed by atoms with Crippen LogP contribution in [0.15, 0.2) is 34.7 Å². The number of rotatable bonds is 8. The molecule has 4 fully saturated rings. The van der Waals surface area contributed by atoms with Crippen LogP contribution in [-0.2, 0) is 4.74 Å². The second kappa shape index (κ2) is 13.7. The van der Waals surface area contributed by atoms with E-state index in [1.807, 2.05) is 42.2 Å². The van der Waals surface area contributed by atoms with Crippen LogP contribution in [0.25, 0.3) is 11.3 Å². The molecule has 4 aliphatic rings. The predicted molar refractivity (Wildman–Crippen MR) is 179 cm³/mol. The summed E-state index contributed by atoms with van der Waals surface area (Å²) in [7, 11) is 0. The fourth-order valence-corrected chi connectivity index (χ4v) is 8.65. The molecule has 2 amide bonds. The average molecular weight is 638 g/mol. The molecule has 1 spiro atoms. The van der Waals surface area contributed by atoms with Crippen LogP contribution >= 0.6 is 11.6 Å². The van der Waals surface area contributed by atoms with E-state index < -0.39 is 0 Å². The Morgan fingerprint density at radius 2 is 1.69 bits per heavy atom. The standard InChI is InChI=1S/C37H52ClN3O4/c1-4-5-11-30-26-40(25-28-9-7-6-8-10-28)35(43)45-37(30)18-22-41(23-19-37)36(3)16-20-39(21-17-36)34(42)32-24-33(44-27(32)2)29-12-14-31(38)15-13-29/h12-15,24,28,30H,4-11,16-23,25-26H2,1-3H3. The Labute approximate surface area is 274 Å². The highest BCUT2D eigenvalue weighted by atomic mass is 35.5. The number of carbonyl (C=O) groups excluding carboxylic acids is 2. The zero-order valence-electron chi connectivity index (χ0n) is 27.6. The van der Waals surface area contributed by atoms with Crippen molar-refractivity contribution in [3.8, 4) is 11.3 Å². The van der Waals surface area contributed by atoms with Gasteiger partial charge in [0.25, 0.3) is 5.91 Å². The number of likely N-dealkylation sites (tertiary alicyclic amines) is 2. The molecule has 1 atom stereocenters. The van der Waals surface area contributed by atoms with E-state index in [0.717, 1.165) is 76.9 Å². The molecular weight excluding hydrogens is 586 g/mol. The smallest absolute Gasteiger partial charge is 0.410 e. The summed E-state index contributed by atoms with van der Waals surface area (Å²) in [4.78, 5) is 33.6. The molecule has 1 aliphatic carbocycles. The first-order valence-corrected chi connectivity index (χ1v) is 18.0. The number of hydrogen-bond donors (Lipinski definition) is 0. The third kappa shape index (κ3) is 6.95. The second-order valence-corrected chi connectivity index (χ2v) is 15.0. The number of amides is 2. The lowest BCUT2D eigenvalue weighted by atomic mass is 9.74. The van der Waals surface area contributed by atoms with Gasteiger partial charge in [0, 0.05) is 74.2 Å². The molecule has 7 nitrogen and oxygen atoms in total. The molecule has 0 radical (unpaired) electrons. The van der Waals surface area contributed by atoms with Crippen molar-refractivity contribution in [2.75, 3.05) is 39.3 Å². The molecule has 246 valence electrons. The van der Waals surface area contributed by atoms with E-state index in [-0.39, 0.29) is 23.1 Å². The Kier molecular flexibility index (Phi) is 9.87. The third-order valence-electron chi connectivity index (χ3n) is 11.6. The van der Waals surface area contributed by atoms with Crippen molar-refractivity contribution < 1.29 is 18.7 Å². The number of unbranched alkanes of at least 4 members (excludes halogenated alkanes) is 1. The number of benzene rings is 1. The van der Waals surface area contributed by atoms with Gasteiger partial charge in [0.2, 0.25) is 0 Å². The van der Waals surface area contributed by atoms with Gasteiger partial charge in [-0.2, -0.15) is 0 Å². The fraction of sp³-hybridized carbons (Fsp3) is 0.676. The Hall–Kier alpha value is -2.51. The molecule has 8 heteroatoms. The monoisotopic (exact) mass is 637 g/mol. The number of aryl methyl sites for hydroxylation is 1. The highest BCUT2D eigenvalue weighted by molar-refractivity contribution is 6.30. The maximum Gasteiger partial charge on any atom is 0.410 e. The van der Waals surface area contributed by atoms with Crippen molar-refractivity contribution in [3.05, 3.63) is 46.7 Å². The summed E-state index contributed by atoms with van der Waals surface area (Å²) in [5.74, 6) is 2.42. The summed E-state index contributed by atoms with van der Waals surface area (Å²) in [6.45, 7) is 11.5. The zero-order valence-corrected chi connectivity index (χ0v) is 28.4. The molecule has 45 heavy (non-hydrogen) atoms. The van der Waals surface area contributed by atoms with Gasteiger partial charge in [0.15, 0.2) is 0 Å². The maximum atomic E-state index is 13.6. The topological polar surface area (TPSA) is 66.2 Å². The van der Waals surface area contributed by atoms with E-state index in [9.17, 15) is 9.59 Å². The third-order valence-corrected chi connectivity index (χ3v) is 11.9. The normalized spacial score (nSPS) is 24.2. The molecule has 3 saturated heterocycles. The molecule has 1 saturated carbocycles.